The summed E-state index contributed by atoms with van der Waals surface area (Å²) in [6, 6.07) is 33.0. The zero-order valence-corrected chi connectivity index (χ0v) is 16.7. The van der Waals surface area contributed by atoms with Gasteiger partial charge in [0.15, 0.2) is 0 Å². The molecule has 0 spiro atoms. The van der Waals surface area contributed by atoms with Gasteiger partial charge in [-0.25, -0.2) is 0 Å². The van der Waals surface area contributed by atoms with Gasteiger partial charge in [-0.3, -0.25) is 0 Å². The molecule has 0 nitrogen and oxygen atoms in total. The third-order valence-corrected chi connectivity index (χ3v) is 5.56. The Morgan fingerprint density at radius 2 is 1.46 bits per heavy atom. The first-order valence-corrected chi connectivity index (χ1v) is 10.0. The van der Waals surface area contributed by atoms with Crippen molar-refractivity contribution in [1.82, 2.24) is 0 Å². The highest BCUT2D eigenvalue weighted by atomic mass is 14.2. The van der Waals surface area contributed by atoms with E-state index >= 15 is 0 Å². The lowest BCUT2D eigenvalue weighted by Crippen LogP contribution is -1.96. The number of benzene rings is 4. The minimum Gasteiger partial charge on any atom is -0.0841 e. The molecule has 0 saturated heterocycles. The van der Waals surface area contributed by atoms with E-state index in [-0.39, 0.29) is 0 Å². The lowest BCUT2D eigenvalue weighted by molar-refractivity contribution is 0.968. The van der Waals surface area contributed by atoms with Crippen LogP contribution < -0.4 is 0 Å². The molecule has 0 amide bonds. The van der Waals surface area contributed by atoms with Crippen LogP contribution in [0.25, 0.3) is 27.5 Å². The van der Waals surface area contributed by atoms with Gasteiger partial charge in [-0.15, -0.1) is 0 Å². The Morgan fingerprint density at radius 1 is 0.750 bits per heavy atom. The largest absolute Gasteiger partial charge is 0.0841 e. The molecule has 0 unspecified atom stereocenters. The van der Waals surface area contributed by atoms with Crippen molar-refractivity contribution in [3.05, 3.63) is 114 Å². The summed E-state index contributed by atoms with van der Waals surface area (Å²) in [5.41, 5.74) is 8.07. The highest BCUT2D eigenvalue weighted by molar-refractivity contribution is 6.00. The van der Waals surface area contributed by atoms with E-state index < -0.39 is 0 Å². The Kier molecular flexibility index (Phi) is 5.39. The molecule has 0 aliphatic carbocycles. The van der Waals surface area contributed by atoms with Crippen LogP contribution in [0.1, 0.15) is 30.5 Å². The lowest BCUT2D eigenvalue weighted by Gasteiger charge is -2.15. The molecule has 0 atom stereocenters. The monoisotopic (exact) mass is 362 g/mol. The molecular weight excluding hydrogens is 336 g/mol. The normalized spacial score (nSPS) is 11.7. The van der Waals surface area contributed by atoms with Gasteiger partial charge in [0.2, 0.25) is 0 Å². The predicted molar refractivity (Wildman–Crippen MR) is 123 cm³/mol. The van der Waals surface area contributed by atoms with Crippen LogP contribution >= 0.6 is 0 Å². The molecule has 0 fully saturated rings. The van der Waals surface area contributed by atoms with Gasteiger partial charge >= 0.3 is 0 Å². The van der Waals surface area contributed by atoms with E-state index in [1.165, 1.54) is 44.2 Å². The molecule has 0 radical (unpaired) electrons. The number of hydrogen-bond acceptors (Lipinski definition) is 0. The predicted octanol–water partition coefficient (Wildman–Crippen LogP) is 7.72. The van der Waals surface area contributed by atoms with Gasteiger partial charge in [0.1, 0.15) is 0 Å². The Balaban J connectivity index is 1.88. The molecule has 0 aromatic heterocycles. The molecule has 0 aliphatic rings. The van der Waals surface area contributed by atoms with E-state index in [0.29, 0.717) is 0 Å². The average molecular weight is 363 g/mol. The molecule has 0 saturated carbocycles. The summed E-state index contributed by atoms with van der Waals surface area (Å²) in [5.74, 6) is 0. The van der Waals surface area contributed by atoms with Gasteiger partial charge in [-0.1, -0.05) is 91.0 Å². The topological polar surface area (TPSA) is 0 Å². The third-order valence-electron chi connectivity index (χ3n) is 5.56. The van der Waals surface area contributed by atoms with Gasteiger partial charge in [0, 0.05) is 0 Å². The smallest absolute Gasteiger partial charge is 0.00728 e. The van der Waals surface area contributed by atoms with Crippen molar-refractivity contribution in [3.8, 4) is 11.1 Å². The molecule has 138 valence electrons. The standard InChI is InChI=1S/C28H26/c1-3-21(2)26-19-24-15-10-16-27(23-13-8-5-9-14-23)28(24)25(20-26)18-17-22-11-6-4-7-12-22/h3-16,19-20H,17-18H2,1-2H3/b21-3+. The van der Waals surface area contributed by atoms with E-state index in [4.69, 9.17) is 0 Å². The molecule has 4 rings (SSSR count). The summed E-state index contributed by atoms with van der Waals surface area (Å²) in [6.45, 7) is 4.31. The van der Waals surface area contributed by atoms with Gasteiger partial charge in [0.05, 0.1) is 0 Å². The summed E-state index contributed by atoms with van der Waals surface area (Å²) >= 11 is 0. The summed E-state index contributed by atoms with van der Waals surface area (Å²) in [6.07, 6.45) is 4.29. The number of fused-ring (bicyclic) bond motifs is 1. The number of allylic oxidation sites excluding steroid dienone is 2. The van der Waals surface area contributed by atoms with Gasteiger partial charge < -0.3 is 0 Å². The molecule has 0 bridgehead atoms. The lowest BCUT2D eigenvalue weighted by atomic mass is 9.89. The minimum atomic E-state index is 1.04. The third kappa shape index (κ3) is 3.77. The second kappa shape index (κ2) is 8.27. The fourth-order valence-corrected chi connectivity index (χ4v) is 3.89. The van der Waals surface area contributed by atoms with Crippen LogP contribution in [0.5, 0.6) is 0 Å². The van der Waals surface area contributed by atoms with E-state index in [9.17, 15) is 0 Å². The van der Waals surface area contributed by atoms with E-state index in [0.717, 1.165) is 12.8 Å². The first-order valence-electron chi connectivity index (χ1n) is 10.0. The maximum absolute atomic E-state index is 2.40. The van der Waals surface area contributed by atoms with Crippen molar-refractivity contribution in [2.75, 3.05) is 0 Å². The van der Waals surface area contributed by atoms with E-state index in [1.807, 2.05) is 0 Å². The van der Waals surface area contributed by atoms with Gasteiger partial charge in [-0.2, -0.15) is 0 Å². The minimum absolute atomic E-state index is 1.04. The average Bonchev–Trinajstić information content (AvgIpc) is 2.77. The SMILES string of the molecule is C/C=C(\C)c1cc(CCc2ccccc2)c2c(-c3ccccc3)cccc2c1. The van der Waals surface area contributed by atoms with Crippen LogP contribution in [0, 0.1) is 0 Å². The Hall–Kier alpha value is -3.12. The molecule has 28 heavy (non-hydrogen) atoms. The van der Waals surface area contributed by atoms with Crippen molar-refractivity contribution in [2.24, 2.45) is 0 Å². The Morgan fingerprint density at radius 3 is 2.18 bits per heavy atom. The second-order valence-electron chi connectivity index (χ2n) is 7.36. The number of rotatable bonds is 5. The zero-order valence-electron chi connectivity index (χ0n) is 16.7. The van der Waals surface area contributed by atoms with Crippen molar-refractivity contribution >= 4 is 16.3 Å². The molecule has 0 aliphatic heterocycles. The maximum Gasteiger partial charge on any atom is -0.00728 e. The molecule has 0 heteroatoms. The van der Waals surface area contributed by atoms with Gasteiger partial charge in [0.25, 0.3) is 0 Å². The summed E-state index contributed by atoms with van der Waals surface area (Å²) in [4.78, 5) is 0. The van der Waals surface area contributed by atoms with E-state index in [1.54, 1.807) is 0 Å². The van der Waals surface area contributed by atoms with Crippen molar-refractivity contribution in [1.29, 1.82) is 0 Å². The Bertz CT molecular complexity index is 1100. The number of hydrogen-bond donors (Lipinski definition) is 0. The molecular formula is C28H26. The zero-order chi connectivity index (χ0) is 19.3. The molecule has 0 heterocycles. The molecule has 4 aromatic rings. The van der Waals surface area contributed by atoms with Crippen molar-refractivity contribution in [2.45, 2.75) is 26.7 Å². The van der Waals surface area contributed by atoms with Crippen LogP contribution in [0.3, 0.4) is 0 Å². The van der Waals surface area contributed by atoms with Crippen LogP contribution in [0.4, 0.5) is 0 Å². The van der Waals surface area contributed by atoms with Crippen LogP contribution in [0.2, 0.25) is 0 Å². The maximum atomic E-state index is 2.40. The van der Waals surface area contributed by atoms with Crippen molar-refractivity contribution < 1.29 is 0 Å². The molecule has 4 aromatic carbocycles. The Labute approximate surface area is 168 Å². The summed E-state index contributed by atoms with van der Waals surface area (Å²) < 4.78 is 0. The number of aryl methyl sites for hydroxylation is 2. The summed E-state index contributed by atoms with van der Waals surface area (Å²) in [5, 5.41) is 2.71. The summed E-state index contributed by atoms with van der Waals surface area (Å²) in [7, 11) is 0. The highest BCUT2D eigenvalue weighted by Gasteiger charge is 2.11. The van der Waals surface area contributed by atoms with E-state index in [2.05, 4.69) is 111 Å². The fraction of sp³-hybridized carbons (Fsp3) is 0.143. The van der Waals surface area contributed by atoms with Gasteiger partial charge in [-0.05, 0) is 76.9 Å². The highest BCUT2D eigenvalue weighted by Crippen LogP contribution is 2.34. The first kappa shape index (κ1) is 18.3. The first-order chi connectivity index (χ1) is 13.8. The van der Waals surface area contributed by atoms with Crippen LogP contribution in [-0.4, -0.2) is 0 Å². The second-order valence-corrected chi connectivity index (χ2v) is 7.36. The molecule has 0 N–H and O–H groups in total. The fourth-order valence-electron chi connectivity index (χ4n) is 3.89. The van der Waals surface area contributed by atoms with Crippen LogP contribution in [-0.2, 0) is 12.8 Å². The quantitative estimate of drug-likeness (QED) is 0.341. The van der Waals surface area contributed by atoms with Crippen LogP contribution in [0.15, 0.2) is 97.1 Å². The van der Waals surface area contributed by atoms with Crippen molar-refractivity contribution in [3.63, 3.8) is 0 Å².